The second kappa shape index (κ2) is 5.67. The molecular weight excluding hydrogens is 214 g/mol. The van der Waals surface area contributed by atoms with Gasteiger partial charge in [0.2, 0.25) is 0 Å². The van der Waals surface area contributed by atoms with Crippen molar-refractivity contribution in [3.8, 4) is 0 Å². The highest BCUT2D eigenvalue weighted by atomic mass is 32.1. The van der Waals surface area contributed by atoms with Gasteiger partial charge in [0.1, 0.15) is 0 Å². The summed E-state index contributed by atoms with van der Waals surface area (Å²) < 4.78 is 0. The van der Waals surface area contributed by atoms with Crippen molar-refractivity contribution in [1.29, 1.82) is 0 Å². The second-order valence-corrected chi connectivity index (χ2v) is 4.28. The molecule has 1 aromatic heterocycles. The van der Waals surface area contributed by atoms with Crippen molar-refractivity contribution in [1.82, 2.24) is 10.3 Å². The first-order valence-electron chi connectivity index (χ1n) is 4.78. The summed E-state index contributed by atoms with van der Waals surface area (Å²) in [6.07, 6.45) is 2.66. The maximum atomic E-state index is 11.3. The van der Waals surface area contributed by atoms with Crippen molar-refractivity contribution in [2.75, 3.05) is 11.9 Å². The minimum atomic E-state index is -0.339. The van der Waals surface area contributed by atoms with E-state index in [0.717, 1.165) is 11.3 Å². The van der Waals surface area contributed by atoms with E-state index < -0.39 is 0 Å². The Bertz CT molecular complexity index is 327. The number of thiazole rings is 1. The second-order valence-electron chi connectivity index (χ2n) is 3.17. The van der Waals surface area contributed by atoms with Crippen LogP contribution < -0.4 is 10.6 Å². The molecule has 5 nitrogen and oxygen atoms in total. The number of aryl methyl sites for hydroxylation is 1. The van der Waals surface area contributed by atoms with Crippen LogP contribution in [0.3, 0.4) is 0 Å². The largest absolute Gasteiger partial charge is 0.394 e. The summed E-state index contributed by atoms with van der Waals surface area (Å²) in [4.78, 5) is 16.5. The molecule has 0 saturated carbocycles. The summed E-state index contributed by atoms with van der Waals surface area (Å²) in [6, 6.07) is -0.593. The third-order valence-electron chi connectivity index (χ3n) is 1.77. The first-order chi connectivity index (χ1) is 7.15. The molecule has 1 aromatic rings. The number of rotatable bonds is 4. The molecule has 6 heteroatoms. The fourth-order valence-corrected chi connectivity index (χ4v) is 1.68. The van der Waals surface area contributed by atoms with Crippen molar-refractivity contribution >= 4 is 22.5 Å². The summed E-state index contributed by atoms with van der Waals surface area (Å²) in [5.74, 6) is 0. The minimum absolute atomic E-state index is 0.0779. The number of aromatic nitrogens is 1. The number of anilines is 1. The highest BCUT2D eigenvalue weighted by Gasteiger charge is 2.08. The van der Waals surface area contributed by atoms with Crippen LogP contribution >= 0.6 is 11.3 Å². The number of hydrogen-bond acceptors (Lipinski definition) is 4. The van der Waals surface area contributed by atoms with Gasteiger partial charge in [-0.25, -0.2) is 9.78 Å². The number of aliphatic hydroxyl groups excluding tert-OH is 1. The third-order valence-corrected chi connectivity index (χ3v) is 2.83. The van der Waals surface area contributed by atoms with Gasteiger partial charge in [-0.2, -0.15) is 0 Å². The SMILES string of the molecule is CCc1cnc(NC(=O)NC(C)CO)s1. The lowest BCUT2D eigenvalue weighted by Crippen LogP contribution is -2.38. The van der Waals surface area contributed by atoms with E-state index in [1.807, 2.05) is 6.92 Å². The number of nitrogens with one attached hydrogen (secondary N) is 2. The van der Waals surface area contributed by atoms with Crippen molar-refractivity contribution in [2.24, 2.45) is 0 Å². The van der Waals surface area contributed by atoms with Crippen LogP contribution in [0.25, 0.3) is 0 Å². The third kappa shape index (κ3) is 3.85. The molecule has 0 spiro atoms. The van der Waals surface area contributed by atoms with E-state index in [9.17, 15) is 4.79 Å². The lowest BCUT2D eigenvalue weighted by molar-refractivity contribution is 0.229. The molecule has 0 aliphatic carbocycles. The van der Waals surface area contributed by atoms with Gasteiger partial charge in [0.15, 0.2) is 5.13 Å². The molecule has 2 amide bonds. The summed E-state index contributed by atoms with van der Waals surface area (Å²) >= 11 is 1.45. The van der Waals surface area contributed by atoms with E-state index in [-0.39, 0.29) is 18.7 Å². The summed E-state index contributed by atoms with van der Waals surface area (Å²) in [7, 11) is 0. The first-order valence-corrected chi connectivity index (χ1v) is 5.60. The maximum Gasteiger partial charge on any atom is 0.321 e. The molecular formula is C9H15N3O2S. The van der Waals surface area contributed by atoms with E-state index in [0.29, 0.717) is 5.13 Å². The van der Waals surface area contributed by atoms with Gasteiger partial charge in [-0.05, 0) is 13.3 Å². The number of carbonyl (C=O) groups excluding carboxylic acids is 1. The zero-order valence-corrected chi connectivity index (χ0v) is 9.60. The van der Waals surface area contributed by atoms with Crippen LogP contribution in [0.15, 0.2) is 6.20 Å². The van der Waals surface area contributed by atoms with Gasteiger partial charge < -0.3 is 10.4 Å². The fraction of sp³-hybridized carbons (Fsp3) is 0.556. The van der Waals surface area contributed by atoms with Crippen LogP contribution in [0, 0.1) is 0 Å². The molecule has 1 unspecified atom stereocenters. The van der Waals surface area contributed by atoms with Gasteiger partial charge >= 0.3 is 6.03 Å². The number of aliphatic hydroxyl groups is 1. The van der Waals surface area contributed by atoms with Crippen LogP contribution in [0.2, 0.25) is 0 Å². The Kier molecular flexibility index (Phi) is 4.51. The van der Waals surface area contributed by atoms with Crippen molar-refractivity contribution in [3.63, 3.8) is 0 Å². The smallest absolute Gasteiger partial charge is 0.321 e. The van der Waals surface area contributed by atoms with E-state index in [1.165, 1.54) is 11.3 Å². The monoisotopic (exact) mass is 229 g/mol. The van der Waals surface area contributed by atoms with Gasteiger partial charge in [-0.1, -0.05) is 6.92 Å². The van der Waals surface area contributed by atoms with E-state index in [4.69, 9.17) is 5.11 Å². The molecule has 3 N–H and O–H groups in total. The highest BCUT2D eigenvalue weighted by Crippen LogP contribution is 2.17. The van der Waals surface area contributed by atoms with Gasteiger partial charge in [-0.15, -0.1) is 11.3 Å². The van der Waals surface area contributed by atoms with Gasteiger partial charge in [0.05, 0.1) is 12.6 Å². The number of amides is 2. The van der Waals surface area contributed by atoms with E-state index in [1.54, 1.807) is 13.1 Å². The molecule has 0 aliphatic heterocycles. The fourth-order valence-electron chi connectivity index (χ4n) is 0.931. The zero-order chi connectivity index (χ0) is 11.3. The molecule has 1 atom stereocenters. The molecule has 0 aromatic carbocycles. The molecule has 1 rings (SSSR count). The molecule has 0 radical (unpaired) electrons. The van der Waals surface area contributed by atoms with Crippen LogP contribution in [-0.4, -0.2) is 28.8 Å². The van der Waals surface area contributed by atoms with Crippen LogP contribution in [0.1, 0.15) is 18.7 Å². The number of nitrogens with zero attached hydrogens (tertiary/aromatic N) is 1. The first kappa shape index (κ1) is 11.9. The predicted molar refractivity (Wildman–Crippen MR) is 60.2 cm³/mol. The van der Waals surface area contributed by atoms with Gasteiger partial charge in [0, 0.05) is 11.1 Å². The van der Waals surface area contributed by atoms with Gasteiger partial charge in [0.25, 0.3) is 0 Å². The highest BCUT2D eigenvalue weighted by molar-refractivity contribution is 7.15. The number of hydrogen-bond donors (Lipinski definition) is 3. The molecule has 15 heavy (non-hydrogen) atoms. The van der Waals surface area contributed by atoms with Gasteiger partial charge in [-0.3, -0.25) is 5.32 Å². The van der Waals surface area contributed by atoms with Crippen molar-refractivity contribution in [3.05, 3.63) is 11.1 Å². The number of carbonyl (C=O) groups is 1. The summed E-state index contributed by atoms with van der Waals surface area (Å²) in [5, 5.41) is 14.5. The summed E-state index contributed by atoms with van der Waals surface area (Å²) in [5.41, 5.74) is 0. The Labute approximate surface area is 92.5 Å². The Hall–Kier alpha value is -1.14. The van der Waals surface area contributed by atoms with Crippen molar-refractivity contribution < 1.29 is 9.90 Å². The Balaban J connectivity index is 2.44. The van der Waals surface area contributed by atoms with E-state index >= 15 is 0 Å². The number of urea groups is 1. The minimum Gasteiger partial charge on any atom is -0.394 e. The summed E-state index contributed by atoms with van der Waals surface area (Å²) in [6.45, 7) is 3.68. The predicted octanol–water partition coefficient (Wildman–Crippen LogP) is 1.21. The standard InChI is InChI=1S/C9H15N3O2S/c1-3-7-4-10-9(15-7)12-8(14)11-6(2)5-13/h4,6,13H,3,5H2,1-2H3,(H2,10,11,12,14). The molecule has 84 valence electrons. The van der Waals surface area contributed by atoms with E-state index in [2.05, 4.69) is 15.6 Å². The van der Waals surface area contributed by atoms with Crippen LogP contribution in [0.4, 0.5) is 9.93 Å². The average molecular weight is 229 g/mol. The lowest BCUT2D eigenvalue weighted by Gasteiger charge is -2.10. The quantitative estimate of drug-likeness (QED) is 0.726. The Morgan fingerprint density at radius 1 is 1.73 bits per heavy atom. The van der Waals surface area contributed by atoms with Crippen molar-refractivity contribution in [2.45, 2.75) is 26.3 Å². The van der Waals surface area contributed by atoms with Crippen LogP contribution in [-0.2, 0) is 6.42 Å². The molecule has 0 bridgehead atoms. The lowest BCUT2D eigenvalue weighted by atomic mass is 10.4. The van der Waals surface area contributed by atoms with Crippen LogP contribution in [0.5, 0.6) is 0 Å². The zero-order valence-electron chi connectivity index (χ0n) is 8.78. The Morgan fingerprint density at radius 3 is 3.00 bits per heavy atom. The molecule has 0 fully saturated rings. The normalized spacial score (nSPS) is 12.2. The molecule has 0 saturated heterocycles. The molecule has 0 aliphatic rings. The Morgan fingerprint density at radius 2 is 2.47 bits per heavy atom. The topological polar surface area (TPSA) is 74.2 Å². The molecule has 1 heterocycles. The average Bonchev–Trinajstić information content (AvgIpc) is 2.65. The maximum absolute atomic E-state index is 11.3.